The summed E-state index contributed by atoms with van der Waals surface area (Å²) in [6.07, 6.45) is 1.76. The van der Waals surface area contributed by atoms with Crippen LogP contribution in [0.4, 0.5) is 0 Å². The number of para-hydroxylation sites is 1. The predicted octanol–water partition coefficient (Wildman–Crippen LogP) is 7.20. The number of fused-ring (bicyclic) bond motifs is 1. The number of benzene rings is 3. The second kappa shape index (κ2) is 10.8. The molecule has 5 rings (SSSR count). The molecule has 186 valence electrons. The van der Waals surface area contributed by atoms with Crippen LogP contribution in [0.1, 0.15) is 20.8 Å². The van der Waals surface area contributed by atoms with Gasteiger partial charge in [-0.15, -0.1) is 11.3 Å². The van der Waals surface area contributed by atoms with Gasteiger partial charge in [0.15, 0.2) is 10.8 Å². The topological polar surface area (TPSA) is 83.6 Å². The van der Waals surface area contributed by atoms with E-state index in [4.69, 9.17) is 27.6 Å². The summed E-state index contributed by atoms with van der Waals surface area (Å²) in [6, 6.07) is 22.1. The lowest BCUT2D eigenvalue weighted by Crippen LogP contribution is -2.46. The minimum atomic E-state index is -1.14. The Labute approximate surface area is 226 Å². The van der Waals surface area contributed by atoms with Gasteiger partial charge in [-0.2, -0.15) is 0 Å². The van der Waals surface area contributed by atoms with Crippen molar-refractivity contribution in [1.29, 1.82) is 0 Å². The van der Waals surface area contributed by atoms with Crippen LogP contribution in [-0.2, 0) is 17.8 Å². The summed E-state index contributed by atoms with van der Waals surface area (Å²) in [6.45, 7) is 0.0273. The number of furan rings is 1. The first kappa shape index (κ1) is 25.0. The van der Waals surface area contributed by atoms with Gasteiger partial charge in [0.05, 0.1) is 17.1 Å². The van der Waals surface area contributed by atoms with Crippen molar-refractivity contribution in [2.75, 3.05) is 0 Å². The third-order valence-corrected chi connectivity index (χ3v) is 7.42. The standard InChI is InChI=1S/C28H20Cl2N2O4S/c29-19-10-11-21(22(30)14-19)27(33)32(23(28(34)35)12-17-6-2-1-3-7-17)16-20-15-31-26(37-20)25-13-18-8-4-5-9-24(18)36-25/h1-11,13-15,23H,12,16H2,(H,34,35). The number of aliphatic carboxylic acids is 1. The van der Waals surface area contributed by atoms with Gasteiger partial charge in [0, 0.05) is 27.9 Å². The smallest absolute Gasteiger partial charge is 0.326 e. The van der Waals surface area contributed by atoms with Crippen molar-refractivity contribution < 1.29 is 19.1 Å². The lowest BCUT2D eigenvalue weighted by molar-refractivity contribution is -0.142. The molecule has 37 heavy (non-hydrogen) atoms. The highest BCUT2D eigenvalue weighted by Gasteiger charge is 2.32. The second-order valence-corrected chi connectivity index (χ2v) is 10.3. The van der Waals surface area contributed by atoms with Gasteiger partial charge in [-0.05, 0) is 35.9 Å². The normalized spacial score (nSPS) is 11.9. The monoisotopic (exact) mass is 550 g/mol. The summed E-state index contributed by atoms with van der Waals surface area (Å²) in [5.41, 5.74) is 1.71. The number of aromatic nitrogens is 1. The van der Waals surface area contributed by atoms with Crippen LogP contribution < -0.4 is 0 Å². The molecule has 3 aromatic carbocycles. The summed E-state index contributed by atoms with van der Waals surface area (Å²) in [5, 5.41) is 12.3. The van der Waals surface area contributed by atoms with E-state index in [1.54, 1.807) is 12.3 Å². The number of carboxylic acids is 1. The van der Waals surface area contributed by atoms with Crippen LogP contribution in [0.3, 0.4) is 0 Å². The summed E-state index contributed by atoms with van der Waals surface area (Å²) >= 11 is 13.7. The molecule has 0 saturated heterocycles. The van der Waals surface area contributed by atoms with Crippen LogP contribution in [0, 0.1) is 0 Å². The predicted molar refractivity (Wildman–Crippen MR) is 145 cm³/mol. The van der Waals surface area contributed by atoms with Crippen LogP contribution in [0.15, 0.2) is 89.5 Å². The van der Waals surface area contributed by atoms with Crippen molar-refractivity contribution in [3.05, 3.63) is 111 Å². The van der Waals surface area contributed by atoms with E-state index in [1.807, 2.05) is 60.7 Å². The Kier molecular flexibility index (Phi) is 7.28. The maximum absolute atomic E-state index is 13.7. The average Bonchev–Trinajstić information content (AvgIpc) is 3.53. The van der Waals surface area contributed by atoms with Gasteiger partial charge in [-0.3, -0.25) is 4.79 Å². The third-order valence-electron chi connectivity index (χ3n) is 5.87. The first-order valence-corrected chi connectivity index (χ1v) is 12.9. The third kappa shape index (κ3) is 5.54. The Morgan fingerprint density at radius 1 is 1.00 bits per heavy atom. The summed E-state index contributed by atoms with van der Waals surface area (Å²) in [7, 11) is 0. The van der Waals surface area contributed by atoms with Gasteiger partial charge in [0.1, 0.15) is 11.6 Å². The van der Waals surface area contributed by atoms with E-state index in [1.165, 1.54) is 28.4 Å². The van der Waals surface area contributed by atoms with E-state index in [-0.39, 0.29) is 23.6 Å². The number of carbonyl (C=O) groups excluding carboxylic acids is 1. The SMILES string of the molecule is O=C(O)C(Cc1ccccc1)N(Cc1cnc(-c2cc3ccccc3o2)s1)C(=O)c1ccc(Cl)cc1Cl. The van der Waals surface area contributed by atoms with Crippen molar-refractivity contribution >= 4 is 57.4 Å². The minimum Gasteiger partial charge on any atom is -0.480 e. The zero-order valence-electron chi connectivity index (χ0n) is 19.3. The fraction of sp³-hybridized carbons (Fsp3) is 0.107. The minimum absolute atomic E-state index is 0.0273. The first-order chi connectivity index (χ1) is 17.9. The number of hydrogen-bond donors (Lipinski definition) is 1. The highest BCUT2D eigenvalue weighted by Crippen LogP contribution is 2.32. The second-order valence-electron chi connectivity index (χ2n) is 8.38. The van der Waals surface area contributed by atoms with Crippen LogP contribution >= 0.6 is 34.5 Å². The van der Waals surface area contributed by atoms with Crippen molar-refractivity contribution in [3.8, 4) is 10.8 Å². The zero-order chi connectivity index (χ0) is 25.9. The van der Waals surface area contributed by atoms with Gasteiger partial charge < -0.3 is 14.4 Å². The van der Waals surface area contributed by atoms with Crippen molar-refractivity contribution in [3.63, 3.8) is 0 Å². The molecule has 0 saturated carbocycles. The Morgan fingerprint density at radius 2 is 1.76 bits per heavy atom. The summed E-state index contributed by atoms with van der Waals surface area (Å²) < 4.78 is 5.92. The molecule has 0 aliphatic heterocycles. The van der Waals surface area contributed by atoms with Crippen LogP contribution in [0.5, 0.6) is 0 Å². The molecule has 0 aliphatic rings. The van der Waals surface area contributed by atoms with E-state index in [0.29, 0.717) is 20.7 Å². The molecular weight excluding hydrogens is 531 g/mol. The number of carbonyl (C=O) groups is 2. The largest absolute Gasteiger partial charge is 0.480 e. The average molecular weight is 551 g/mol. The lowest BCUT2D eigenvalue weighted by Gasteiger charge is -2.29. The van der Waals surface area contributed by atoms with Gasteiger partial charge in [-0.25, -0.2) is 9.78 Å². The van der Waals surface area contributed by atoms with Gasteiger partial charge >= 0.3 is 5.97 Å². The van der Waals surface area contributed by atoms with Crippen LogP contribution in [-0.4, -0.2) is 32.9 Å². The van der Waals surface area contributed by atoms with E-state index in [0.717, 1.165) is 16.5 Å². The number of hydrogen-bond acceptors (Lipinski definition) is 5. The van der Waals surface area contributed by atoms with E-state index < -0.39 is 17.9 Å². The number of amides is 1. The molecule has 6 nitrogen and oxygen atoms in total. The Hall–Kier alpha value is -3.65. The molecule has 1 N–H and O–H groups in total. The van der Waals surface area contributed by atoms with E-state index in [9.17, 15) is 14.7 Å². The molecule has 0 radical (unpaired) electrons. The van der Waals surface area contributed by atoms with Gasteiger partial charge in [0.2, 0.25) is 0 Å². The van der Waals surface area contributed by atoms with E-state index in [2.05, 4.69) is 4.98 Å². The fourth-order valence-corrected chi connectivity index (χ4v) is 5.41. The summed E-state index contributed by atoms with van der Waals surface area (Å²) in [4.78, 5) is 32.7. The molecule has 9 heteroatoms. The lowest BCUT2D eigenvalue weighted by atomic mass is 10.0. The molecule has 0 aliphatic carbocycles. The van der Waals surface area contributed by atoms with Gasteiger partial charge in [0.25, 0.3) is 5.91 Å². The van der Waals surface area contributed by atoms with Crippen molar-refractivity contribution in [1.82, 2.24) is 9.88 Å². The van der Waals surface area contributed by atoms with Crippen LogP contribution in [0.2, 0.25) is 10.0 Å². The first-order valence-electron chi connectivity index (χ1n) is 11.4. The van der Waals surface area contributed by atoms with Crippen molar-refractivity contribution in [2.24, 2.45) is 0 Å². The van der Waals surface area contributed by atoms with Gasteiger partial charge in [-0.1, -0.05) is 71.7 Å². The number of nitrogens with zero attached hydrogens (tertiary/aromatic N) is 2. The number of halogens is 2. The molecule has 5 aromatic rings. The number of rotatable bonds is 8. The molecule has 1 unspecified atom stereocenters. The fourth-order valence-electron chi connectivity index (χ4n) is 4.06. The number of thiazole rings is 1. The van der Waals surface area contributed by atoms with Crippen molar-refractivity contribution in [2.45, 2.75) is 19.0 Å². The Morgan fingerprint density at radius 3 is 2.49 bits per heavy atom. The maximum atomic E-state index is 13.7. The van der Waals surface area contributed by atoms with E-state index >= 15 is 0 Å². The molecule has 0 spiro atoms. The zero-order valence-corrected chi connectivity index (χ0v) is 21.6. The molecule has 1 atom stereocenters. The molecule has 1 amide bonds. The maximum Gasteiger partial charge on any atom is 0.326 e. The molecule has 2 heterocycles. The number of carboxylic acid groups (broad SMARTS) is 1. The summed E-state index contributed by atoms with van der Waals surface area (Å²) in [5.74, 6) is -1.02. The Balaban J connectivity index is 1.50. The molecule has 2 aromatic heterocycles. The molecule has 0 fully saturated rings. The highest BCUT2D eigenvalue weighted by molar-refractivity contribution is 7.14. The highest BCUT2D eigenvalue weighted by atomic mass is 35.5. The van der Waals surface area contributed by atoms with Crippen LogP contribution in [0.25, 0.3) is 21.7 Å². The Bertz CT molecular complexity index is 1550. The quantitative estimate of drug-likeness (QED) is 0.221. The molecule has 0 bridgehead atoms. The molecular formula is C28H20Cl2N2O4S.